The molecule has 6 rings (SSSR count). The second kappa shape index (κ2) is 11.8. The van der Waals surface area contributed by atoms with E-state index in [4.69, 9.17) is 4.99 Å². The van der Waals surface area contributed by atoms with Crippen LogP contribution in [0.5, 0.6) is 0 Å². The predicted molar refractivity (Wildman–Crippen MR) is 183 cm³/mol. The second-order valence-corrected chi connectivity index (χ2v) is 10.9. The first-order chi connectivity index (χ1) is 20.6. The Balaban J connectivity index is 1.63. The van der Waals surface area contributed by atoms with E-state index in [1.807, 2.05) is 49.4 Å². The van der Waals surface area contributed by atoms with E-state index in [9.17, 15) is 0 Å². The number of aliphatic imine (C=N–C) groups is 3. The Kier molecular flexibility index (Phi) is 7.62. The number of likely N-dealkylation sites (N-methyl/N-ethyl adjacent to an activating group) is 1. The van der Waals surface area contributed by atoms with Crippen molar-refractivity contribution in [3.63, 3.8) is 0 Å². The third-order valence-electron chi connectivity index (χ3n) is 7.26. The van der Waals surface area contributed by atoms with Gasteiger partial charge in [0.05, 0.1) is 11.4 Å². The first-order valence-corrected chi connectivity index (χ1v) is 14.6. The first-order valence-electron chi connectivity index (χ1n) is 13.8. The molecule has 1 aliphatic rings. The van der Waals surface area contributed by atoms with Crippen molar-refractivity contribution >= 4 is 73.2 Å². The molecule has 1 aromatic heterocycles. The van der Waals surface area contributed by atoms with E-state index in [2.05, 4.69) is 112 Å². The van der Waals surface area contributed by atoms with Crippen molar-refractivity contribution in [2.24, 2.45) is 15.0 Å². The van der Waals surface area contributed by atoms with E-state index >= 15 is 0 Å². The lowest BCUT2D eigenvalue weighted by atomic mass is 10.0. The maximum atomic E-state index is 5.23. The average Bonchev–Trinajstić information content (AvgIpc) is 3.35. The Hall–Kier alpha value is -5.07. The maximum absolute atomic E-state index is 5.23. The van der Waals surface area contributed by atoms with Crippen molar-refractivity contribution in [2.75, 3.05) is 19.0 Å². The molecule has 0 saturated carbocycles. The van der Waals surface area contributed by atoms with Gasteiger partial charge < -0.3 is 4.90 Å². The first kappa shape index (κ1) is 27.1. The number of thiophene rings is 1. The zero-order valence-corrected chi connectivity index (χ0v) is 24.7. The van der Waals surface area contributed by atoms with Crippen LogP contribution >= 0.6 is 11.3 Å². The lowest BCUT2D eigenvalue weighted by molar-refractivity contribution is 0.644. The van der Waals surface area contributed by atoms with Crippen LogP contribution in [0, 0.1) is 0 Å². The second-order valence-electron chi connectivity index (χ2n) is 9.82. The Morgan fingerprint density at radius 2 is 1.69 bits per heavy atom. The topological polar surface area (TPSA) is 43.6 Å². The summed E-state index contributed by atoms with van der Waals surface area (Å²) in [5.41, 5.74) is 6.07. The van der Waals surface area contributed by atoms with Gasteiger partial charge in [-0.1, -0.05) is 66.8 Å². The van der Waals surface area contributed by atoms with Crippen LogP contribution in [0.4, 0.5) is 17.1 Å². The molecule has 0 amide bonds. The van der Waals surface area contributed by atoms with Crippen LogP contribution in [-0.2, 0) is 0 Å². The van der Waals surface area contributed by atoms with Crippen molar-refractivity contribution in [3.05, 3.63) is 132 Å². The lowest BCUT2D eigenvalue weighted by Gasteiger charge is -2.31. The van der Waals surface area contributed by atoms with Crippen LogP contribution in [0.15, 0.2) is 136 Å². The summed E-state index contributed by atoms with van der Waals surface area (Å²) in [6.07, 6.45) is 10.5. The highest BCUT2D eigenvalue weighted by Gasteiger charge is 2.27. The fourth-order valence-electron chi connectivity index (χ4n) is 5.28. The monoisotopic (exact) mass is 565 g/mol. The summed E-state index contributed by atoms with van der Waals surface area (Å²) < 4.78 is 2.39. The van der Waals surface area contributed by atoms with Crippen LogP contribution in [0.3, 0.4) is 0 Å². The van der Waals surface area contributed by atoms with Crippen LogP contribution in [0.2, 0.25) is 0 Å². The van der Waals surface area contributed by atoms with E-state index < -0.39 is 0 Å². The molecule has 5 aromatic rings. The zero-order chi connectivity index (χ0) is 29.1. The molecule has 42 heavy (non-hydrogen) atoms. The molecule has 0 unspecified atom stereocenters. The number of guanidine groups is 1. The molecule has 4 aromatic carbocycles. The SMILES string of the molecule is C=NC(=NC)c1cccc2sc3ccc(N4C(=Nc5ccccc5)N(C)C(/C=C\C=C/C)=Cc5ccccc54)cc3c12. The highest BCUT2D eigenvalue weighted by Crippen LogP contribution is 2.41. The molecular formula is C36H31N5S. The van der Waals surface area contributed by atoms with Crippen LogP contribution in [-0.4, -0.2) is 37.5 Å². The number of hydrogen-bond donors (Lipinski definition) is 0. The molecule has 0 saturated heterocycles. The van der Waals surface area contributed by atoms with Gasteiger partial charge in [0.2, 0.25) is 5.96 Å². The van der Waals surface area contributed by atoms with E-state index in [1.165, 1.54) is 9.40 Å². The van der Waals surface area contributed by atoms with Gasteiger partial charge in [0.25, 0.3) is 0 Å². The molecule has 0 spiro atoms. The largest absolute Gasteiger partial charge is 0.315 e. The number of para-hydroxylation sites is 2. The van der Waals surface area contributed by atoms with Gasteiger partial charge >= 0.3 is 0 Å². The van der Waals surface area contributed by atoms with E-state index in [0.29, 0.717) is 5.84 Å². The summed E-state index contributed by atoms with van der Waals surface area (Å²) in [7, 11) is 3.83. The minimum atomic E-state index is 0.638. The van der Waals surface area contributed by atoms with Crippen molar-refractivity contribution in [1.82, 2.24) is 4.90 Å². The Bertz CT molecular complexity index is 1940. The van der Waals surface area contributed by atoms with Crippen molar-refractivity contribution in [1.29, 1.82) is 0 Å². The van der Waals surface area contributed by atoms with Gasteiger partial charge in [0, 0.05) is 56.8 Å². The fourth-order valence-corrected chi connectivity index (χ4v) is 6.39. The molecule has 0 N–H and O–H groups in total. The highest BCUT2D eigenvalue weighted by atomic mass is 32.1. The van der Waals surface area contributed by atoms with Crippen LogP contribution in [0.1, 0.15) is 18.1 Å². The third kappa shape index (κ3) is 4.97. The van der Waals surface area contributed by atoms with Gasteiger partial charge in [-0.3, -0.25) is 9.89 Å². The Morgan fingerprint density at radius 1 is 0.881 bits per heavy atom. The number of allylic oxidation sites excluding steroid dienone is 4. The molecule has 0 aliphatic carbocycles. The third-order valence-corrected chi connectivity index (χ3v) is 8.40. The number of benzene rings is 4. The normalized spacial score (nSPS) is 15.2. The number of hydrogen-bond acceptors (Lipinski definition) is 3. The molecule has 6 heteroatoms. The molecule has 0 fully saturated rings. The summed E-state index contributed by atoms with van der Waals surface area (Å²) in [5.74, 6) is 1.43. The zero-order valence-electron chi connectivity index (χ0n) is 23.9. The minimum absolute atomic E-state index is 0.638. The van der Waals surface area contributed by atoms with Gasteiger partial charge in [-0.05, 0) is 68.3 Å². The summed E-state index contributed by atoms with van der Waals surface area (Å²) in [5, 5.41) is 2.29. The number of nitrogens with zero attached hydrogens (tertiary/aromatic N) is 5. The average molecular weight is 566 g/mol. The van der Waals surface area contributed by atoms with E-state index in [1.54, 1.807) is 18.4 Å². The summed E-state index contributed by atoms with van der Waals surface area (Å²) in [6, 6.07) is 31.5. The van der Waals surface area contributed by atoms with Gasteiger partial charge in [-0.2, -0.15) is 0 Å². The van der Waals surface area contributed by atoms with Gasteiger partial charge in [-0.15, -0.1) is 11.3 Å². The van der Waals surface area contributed by atoms with E-state index in [0.717, 1.165) is 50.6 Å². The number of fused-ring (bicyclic) bond motifs is 4. The summed E-state index contributed by atoms with van der Waals surface area (Å²) >= 11 is 1.77. The molecule has 5 nitrogen and oxygen atoms in total. The molecule has 0 bridgehead atoms. The smallest absolute Gasteiger partial charge is 0.215 e. The van der Waals surface area contributed by atoms with Gasteiger partial charge in [0.15, 0.2) is 5.84 Å². The molecule has 206 valence electrons. The quantitative estimate of drug-likeness (QED) is 0.121. The molecule has 2 heterocycles. The van der Waals surface area contributed by atoms with Gasteiger partial charge in [-0.25, -0.2) is 9.98 Å². The maximum Gasteiger partial charge on any atom is 0.215 e. The predicted octanol–water partition coefficient (Wildman–Crippen LogP) is 9.38. The highest BCUT2D eigenvalue weighted by molar-refractivity contribution is 7.25. The molecular weight excluding hydrogens is 534 g/mol. The summed E-state index contributed by atoms with van der Waals surface area (Å²) in [4.78, 5) is 18.3. The van der Waals surface area contributed by atoms with E-state index in [-0.39, 0.29) is 0 Å². The Labute approximate surface area is 250 Å². The van der Waals surface area contributed by atoms with Crippen LogP contribution in [0.25, 0.3) is 26.2 Å². The van der Waals surface area contributed by atoms with Crippen molar-refractivity contribution < 1.29 is 0 Å². The number of amidine groups is 1. The Morgan fingerprint density at radius 3 is 2.48 bits per heavy atom. The molecule has 1 aliphatic heterocycles. The van der Waals surface area contributed by atoms with Crippen LogP contribution < -0.4 is 4.90 Å². The lowest BCUT2D eigenvalue weighted by Crippen LogP contribution is -2.38. The van der Waals surface area contributed by atoms with Crippen molar-refractivity contribution in [3.8, 4) is 0 Å². The number of rotatable bonds is 5. The standard InChI is InChI=1S/C36H31N5S/c1-5-6-8-17-27-23-25-14-11-12-19-31(25)41(36(40(27)4)39-26-15-9-7-10-16-26)28-21-22-32-30(24-28)34-29(35(37-2)38-3)18-13-20-33(34)42-32/h5-24H,2H2,1,3-4H3/b6-5-,17-8-,38-35?,39-36?. The van der Waals surface area contributed by atoms with Gasteiger partial charge in [0.1, 0.15) is 0 Å². The summed E-state index contributed by atoms with van der Waals surface area (Å²) in [6.45, 7) is 5.79. The number of anilines is 2. The minimum Gasteiger partial charge on any atom is -0.315 e. The molecule has 0 atom stereocenters. The van der Waals surface area contributed by atoms with Crippen molar-refractivity contribution in [2.45, 2.75) is 6.92 Å². The molecule has 0 radical (unpaired) electrons. The fraction of sp³-hybridized carbons (Fsp3) is 0.0833.